The summed E-state index contributed by atoms with van der Waals surface area (Å²) in [5.74, 6) is -2.05. The van der Waals surface area contributed by atoms with Gasteiger partial charge >= 0.3 is 0 Å². The van der Waals surface area contributed by atoms with Crippen molar-refractivity contribution in [3.63, 3.8) is 0 Å². The molecule has 1 aromatic carbocycles. The van der Waals surface area contributed by atoms with Crippen LogP contribution in [-0.4, -0.2) is 5.11 Å². The molecule has 0 heterocycles. The van der Waals surface area contributed by atoms with Gasteiger partial charge in [0, 0.05) is 5.56 Å². The van der Waals surface area contributed by atoms with Crippen molar-refractivity contribution in [2.45, 2.75) is 6.92 Å². The number of phenolic OH excluding ortho intramolecular Hbond substituents is 1. The molecule has 0 aromatic heterocycles. The van der Waals surface area contributed by atoms with Crippen LogP contribution in [0.25, 0.3) is 0 Å². The molecule has 1 nitrogen and oxygen atoms in total. The van der Waals surface area contributed by atoms with Crippen molar-refractivity contribution in [1.82, 2.24) is 0 Å². The van der Waals surface area contributed by atoms with E-state index in [1.165, 1.54) is 6.92 Å². The van der Waals surface area contributed by atoms with Crippen molar-refractivity contribution in [2.75, 3.05) is 0 Å². The first-order valence-electron chi connectivity index (χ1n) is 2.76. The van der Waals surface area contributed by atoms with Gasteiger partial charge in [-0.2, -0.15) is 0 Å². The van der Waals surface area contributed by atoms with E-state index in [9.17, 15) is 8.78 Å². The molecule has 0 saturated heterocycles. The third kappa shape index (κ3) is 0.943. The zero-order valence-corrected chi connectivity index (χ0v) is 5.36. The second kappa shape index (κ2) is 2.25. The second-order valence-electron chi connectivity index (χ2n) is 2.01. The summed E-state index contributed by atoms with van der Waals surface area (Å²) in [4.78, 5) is 0. The zero-order chi connectivity index (χ0) is 7.72. The van der Waals surface area contributed by atoms with Gasteiger partial charge in [-0.05, 0) is 19.1 Å². The summed E-state index contributed by atoms with van der Waals surface area (Å²) in [5, 5.41) is 8.68. The van der Waals surface area contributed by atoms with Crippen LogP contribution in [0.2, 0.25) is 0 Å². The van der Waals surface area contributed by atoms with E-state index in [1.807, 2.05) is 0 Å². The quantitative estimate of drug-likeness (QED) is 0.590. The normalized spacial score (nSPS) is 9.90. The Kier molecular flexibility index (Phi) is 1.57. The Bertz CT molecular complexity index is 231. The second-order valence-corrected chi connectivity index (χ2v) is 2.01. The van der Waals surface area contributed by atoms with Crippen LogP contribution >= 0.6 is 0 Å². The van der Waals surface area contributed by atoms with Crippen LogP contribution in [0, 0.1) is 18.6 Å². The van der Waals surface area contributed by atoms with Gasteiger partial charge in [-0.1, -0.05) is 0 Å². The molecule has 10 heavy (non-hydrogen) atoms. The van der Waals surface area contributed by atoms with Crippen molar-refractivity contribution in [3.8, 4) is 5.75 Å². The van der Waals surface area contributed by atoms with Gasteiger partial charge in [0.15, 0.2) is 11.6 Å². The first-order valence-corrected chi connectivity index (χ1v) is 2.76. The lowest BCUT2D eigenvalue weighted by Gasteiger charge is -1.98. The lowest BCUT2D eigenvalue weighted by Crippen LogP contribution is -1.87. The minimum atomic E-state index is -0.889. The van der Waals surface area contributed by atoms with Gasteiger partial charge in [-0.3, -0.25) is 0 Å². The highest BCUT2D eigenvalue weighted by Gasteiger charge is 2.06. The number of hydrogen-bond donors (Lipinski definition) is 1. The first kappa shape index (κ1) is 6.99. The average molecular weight is 144 g/mol. The molecule has 1 rings (SSSR count). The fourth-order valence-corrected chi connectivity index (χ4v) is 0.647. The fourth-order valence-electron chi connectivity index (χ4n) is 0.647. The first-order chi connectivity index (χ1) is 4.63. The molecule has 0 bridgehead atoms. The SMILES string of the molecule is Cc1c(F)ccc(O)c1F. The number of phenols is 1. The summed E-state index contributed by atoms with van der Waals surface area (Å²) in [5.41, 5.74) is -0.153. The molecule has 54 valence electrons. The third-order valence-corrected chi connectivity index (χ3v) is 1.30. The van der Waals surface area contributed by atoms with Crippen LogP contribution in [0.1, 0.15) is 5.56 Å². The largest absolute Gasteiger partial charge is 0.505 e. The number of aromatic hydroxyl groups is 1. The lowest BCUT2D eigenvalue weighted by atomic mass is 10.2. The van der Waals surface area contributed by atoms with Gasteiger partial charge < -0.3 is 5.11 Å². The van der Waals surface area contributed by atoms with E-state index in [4.69, 9.17) is 5.11 Å². The number of rotatable bonds is 0. The topological polar surface area (TPSA) is 20.2 Å². The fraction of sp³-hybridized carbons (Fsp3) is 0.143. The van der Waals surface area contributed by atoms with E-state index in [1.54, 1.807) is 0 Å². The van der Waals surface area contributed by atoms with Gasteiger partial charge in [0.1, 0.15) is 5.82 Å². The Balaban J connectivity index is 3.34. The van der Waals surface area contributed by atoms with Crippen LogP contribution in [0.5, 0.6) is 5.75 Å². The molecule has 3 heteroatoms. The Morgan fingerprint density at radius 1 is 1.30 bits per heavy atom. The van der Waals surface area contributed by atoms with Crippen LogP contribution < -0.4 is 0 Å². The molecule has 0 spiro atoms. The van der Waals surface area contributed by atoms with E-state index in [-0.39, 0.29) is 5.56 Å². The van der Waals surface area contributed by atoms with Crippen molar-refractivity contribution in [2.24, 2.45) is 0 Å². The molecular formula is C7H6F2O. The molecule has 0 amide bonds. The maximum absolute atomic E-state index is 12.5. The summed E-state index contributed by atoms with van der Waals surface area (Å²) in [6.07, 6.45) is 0. The van der Waals surface area contributed by atoms with Crippen molar-refractivity contribution < 1.29 is 13.9 Å². The molecule has 0 aliphatic heterocycles. The Hall–Kier alpha value is -1.12. The molecule has 0 radical (unpaired) electrons. The smallest absolute Gasteiger partial charge is 0.170 e. The van der Waals surface area contributed by atoms with Gasteiger partial charge in [-0.15, -0.1) is 0 Å². The van der Waals surface area contributed by atoms with Crippen LogP contribution in [0.4, 0.5) is 8.78 Å². The highest BCUT2D eigenvalue weighted by molar-refractivity contribution is 5.29. The molecule has 0 fully saturated rings. The molecule has 0 aliphatic rings. The van der Waals surface area contributed by atoms with Crippen molar-refractivity contribution in [3.05, 3.63) is 29.3 Å². The molecule has 0 unspecified atom stereocenters. The van der Waals surface area contributed by atoms with Gasteiger partial charge in [0.05, 0.1) is 0 Å². The number of halogens is 2. The lowest BCUT2D eigenvalue weighted by molar-refractivity contribution is 0.424. The zero-order valence-electron chi connectivity index (χ0n) is 5.36. The van der Waals surface area contributed by atoms with Gasteiger partial charge in [0.2, 0.25) is 0 Å². The van der Waals surface area contributed by atoms with Crippen LogP contribution in [0.3, 0.4) is 0 Å². The highest BCUT2D eigenvalue weighted by Crippen LogP contribution is 2.20. The summed E-state index contributed by atoms with van der Waals surface area (Å²) < 4.78 is 24.9. The molecule has 1 aromatic rings. The monoisotopic (exact) mass is 144 g/mol. The minimum Gasteiger partial charge on any atom is -0.505 e. The van der Waals surface area contributed by atoms with Gasteiger partial charge in [-0.25, -0.2) is 8.78 Å². The van der Waals surface area contributed by atoms with E-state index in [0.717, 1.165) is 12.1 Å². The molecular weight excluding hydrogens is 138 g/mol. The van der Waals surface area contributed by atoms with Crippen LogP contribution in [-0.2, 0) is 0 Å². The van der Waals surface area contributed by atoms with E-state index in [2.05, 4.69) is 0 Å². The predicted octanol–water partition coefficient (Wildman–Crippen LogP) is 1.98. The van der Waals surface area contributed by atoms with E-state index >= 15 is 0 Å². The predicted molar refractivity (Wildman–Crippen MR) is 32.8 cm³/mol. The molecule has 0 aliphatic carbocycles. The summed E-state index contributed by atoms with van der Waals surface area (Å²) in [7, 11) is 0. The Labute approximate surface area is 56.9 Å². The molecule has 1 N–H and O–H groups in total. The summed E-state index contributed by atoms with van der Waals surface area (Å²) in [6, 6.07) is 2.01. The highest BCUT2D eigenvalue weighted by atomic mass is 19.1. The maximum Gasteiger partial charge on any atom is 0.170 e. The third-order valence-electron chi connectivity index (χ3n) is 1.30. The van der Waals surface area contributed by atoms with Gasteiger partial charge in [0.25, 0.3) is 0 Å². The molecule has 0 atom stereocenters. The van der Waals surface area contributed by atoms with Crippen LogP contribution in [0.15, 0.2) is 12.1 Å². The van der Waals surface area contributed by atoms with Crippen molar-refractivity contribution >= 4 is 0 Å². The van der Waals surface area contributed by atoms with Crippen molar-refractivity contribution in [1.29, 1.82) is 0 Å². The molecule has 0 saturated carbocycles. The summed E-state index contributed by atoms with van der Waals surface area (Å²) >= 11 is 0. The van der Waals surface area contributed by atoms with E-state index in [0.29, 0.717) is 0 Å². The minimum absolute atomic E-state index is 0.153. The Morgan fingerprint density at radius 2 is 1.90 bits per heavy atom. The average Bonchev–Trinajstić information content (AvgIpc) is 1.93. The maximum atomic E-state index is 12.5. The number of hydrogen-bond acceptors (Lipinski definition) is 1. The number of benzene rings is 1. The van der Waals surface area contributed by atoms with E-state index < -0.39 is 17.4 Å². The summed E-state index contributed by atoms with van der Waals surface area (Å²) in [6.45, 7) is 1.27. The standard InChI is InChI=1S/C7H6F2O/c1-4-5(8)2-3-6(10)7(4)9/h2-3,10H,1H3. The Morgan fingerprint density at radius 3 is 2.40 bits per heavy atom.